The van der Waals surface area contributed by atoms with Crippen LogP contribution in [-0.4, -0.2) is 60.0 Å². The standard InChI is InChI=1S/C14H19N3O4/c1-11(19)13-10-12(2-3-14(13)17(20)21)16-6-4-15(5-7-16)8-9-18/h2-3,10,18H,4-9H2,1H3. The summed E-state index contributed by atoms with van der Waals surface area (Å²) >= 11 is 0. The largest absolute Gasteiger partial charge is 0.395 e. The smallest absolute Gasteiger partial charge is 0.280 e. The quantitative estimate of drug-likeness (QED) is 0.493. The van der Waals surface area contributed by atoms with Crippen molar-refractivity contribution in [3.05, 3.63) is 33.9 Å². The number of aliphatic hydroxyl groups excluding tert-OH is 1. The molecule has 1 fully saturated rings. The highest BCUT2D eigenvalue weighted by molar-refractivity contribution is 5.99. The predicted molar refractivity (Wildman–Crippen MR) is 78.8 cm³/mol. The van der Waals surface area contributed by atoms with E-state index >= 15 is 0 Å². The molecule has 0 bridgehead atoms. The van der Waals surface area contributed by atoms with E-state index < -0.39 is 4.92 Å². The molecule has 1 aliphatic rings. The van der Waals surface area contributed by atoms with Crippen LogP contribution in [0.15, 0.2) is 18.2 Å². The molecule has 114 valence electrons. The minimum absolute atomic E-state index is 0.145. The summed E-state index contributed by atoms with van der Waals surface area (Å²) in [6.07, 6.45) is 0. The van der Waals surface area contributed by atoms with Crippen LogP contribution in [0.25, 0.3) is 0 Å². The first-order valence-electron chi connectivity index (χ1n) is 6.90. The maximum atomic E-state index is 11.6. The summed E-state index contributed by atoms with van der Waals surface area (Å²) in [6, 6.07) is 4.68. The average Bonchev–Trinajstić information content (AvgIpc) is 2.47. The Morgan fingerprint density at radius 2 is 2.00 bits per heavy atom. The Morgan fingerprint density at radius 3 is 2.52 bits per heavy atom. The van der Waals surface area contributed by atoms with Gasteiger partial charge in [-0.1, -0.05) is 0 Å². The van der Waals surface area contributed by atoms with Crippen molar-refractivity contribution in [1.29, 1.82) is 0 Å². The number of carbonyl (C=O) groups is 1. The molecule has 7 heteroatoms. The number of Topliss-reactive ketones (excluding diaryl/α,β-unsaturated/α-hetero) is 1. The molecule has 0 amide bonds. The Balaban J connectivity index is 2.16. The Kier molecular flexibility index (Phi) is 4.87. The van der Waals surface area contributed by atoms with Gasteiger partial charge in [-0.3, -0.25) is 19.8 Å². The van der Waals surface area contributed by atoms with Gasteiger partial charge >= 0.3 is 0 Å². The molecule has 1 aromatic carbocycles. The van der Waals surface area contributed by atoms with E-state index in [4.69, 9.17) is 5.11 Å². The van der Waals surface area contributed by atoms with Gasteiger partial charge in [0.2, 0.25) is 0 Å². The second-order valence-electron chi connectivity index (χ2n) is 5.07. The molecule has 1 aromatic rings. The summed E-state index contributed by atoms with van der Waals surface area (Å²) in [6.45, 7) is 5.34. The summed E-state index contributed by atoms with van der Waals surface area (Å²) in [4.78, 5) is 26.3. The van der Waals surface area contributed by atoms with Gasteiger partial charge < -0.3 is 10.0 Å². The molecule has 21 heavy (non-hydrogen) atoms. The van der Waals surface area contributed by atoms with Crippen molar-refractivity contribution in [2.75, 3.05) is 44.2 Å². The minimum atomic E-state index is -0.528. The minimum Gasteiger partial charge on any atom is -0.395 e. The lowest BCUT2D eigenvalue weighted by atomic mass is 10.1. The lowest BCUT2D eigenvalue weighted by Crippen LogP contribution is -2.47. The zero-order chi connectivity index (χ0) is 15.4. The summed E-state index contributed by atoms with van der Waals surface area (Å²) in [7, 11) is 0. The number of carbonyl (C=O) groups excluding carboxylic acids is 1. The second kappa shape index (κ2) is 6.64. The van der Waals surface area contributed by atoms with Crippen molar-refractivity contribution < 1.29 is 14.8 Å². The van der Waals surface area contributed by atoms with E-state index in [1.165, 1.54) is 13.0 Å². The van der Waals surface area contributed by atoms with Gasteiger partial charge in [-0.2, -0.15) is 0 Å². The van der Waals surface area contributed by atoms with Gasteiger partial charge in [0.15, 0.2) is 5.78 Å². The fourth-order valence-corrected chi connectivity index (χ4v) is 2.53. The van der Waals surface area contributed by atoms with E-state index in [1.807, 2.05) is 0 Å². The van der Waals surface area contributed by atoms with Crippen molar-refractivity contribution in [2.45, 2.75) is 6.92 Å². The fourth-order valence-electron chi connectivity index (χ4n) is 2.53. The third-order valence-corrected chi connectivity index (χ3v) is 3.71. The lowest BCUT2D eigenvalue weighted by molar-refractivity contribution is -0.385. The normalized spacial score (nSPS) is 16.0. The Morgan fingerprint density at radius 1 is 1.33 bits per heavy atom. The van der Waals surface area contributed by atoms with Crippen LogP contribution in [0.4, 0.5) is 11.4 Å². The lowest BCUT2D eigenvalue weighted by Gasteiger charge is -2.35. The first-order valence-corrected chi connectivity index (χ1v) is 6.90. The molecule has 0 spiro atoms. The van der Waals surface area contributed by atoms with E-state index in [0.717, 1.165) is 31.9 Å². The molecule has 0 radical (unpaired) electrons. The van der Waals surface area contributed by atoms with Crippen LogP contribution in [0.2, 0.25) is 0 Å². The molecule has 1 heterocycles. The molecule has 1 saturated heterocycles. The summed E-state index contributed by atoms with van der Waals surface area (Å²) in [5.41, 5.74) is 0.829. The van der Waals surface area contributed by atoms with Crippen molar-refractivity contribution in [3.63, 3.8) is 0 Å². The molecule has 0 atom stereocenters. The molecule has 1 aliphatic heterocycles. The van der Waals surface area contributed by atoms with Gasteiger partial charge in [0.25, 0.3) is 5.69 Å². The number of β-amino-alcohol motifs (C(OH)–C–C–N with tert-alkyl or cyclic N) is 1. The number of nitro groups is 1. The van der Waals surface area contributed by atoms with Crippen LogP contribution in [0, 0.1) is 10.1 Å². The third-order valence-electron chi connectivity index (χ3n) is 3.71. The monoisotopic (exact) mass is 293 g/mol. The maximum absolute atomic E-state index is 11.6. The number of ketones is 1. The number of nitro benzene ring substituents is 1. The summed E-state index contributed by atoms with van der Waals surface area (Å²) in [5.74, 6) is -0.303. The number of hydrogen-bond donors (Lipinski definition) is 1. The molecule has 0 aromatic heterocycles. The number of piperazine rings is 1. The third kappa shape index (κ3) is 3.56. The SMILES string of the molecule is CC(=O)c1cc(N2CCN(CCO)CC2)ccc1[N+](=O)[O-]. The first-order chi connectivity index (χ1) is 10.0. The van der Waals surface area contributed by atoms with Gasteiger partial charge in [0.1, 0.15) is 0 Å². The molecular formula is C14H19N3O4. The van der Waals surface area contributed by atoms with Crippen LogP contribution in [0.5, 0.6) is 0 Å². The second-order valence-corrected chi connectivity index (χ2v) is 5.07. The van der Waals surface area contributed by atoms with Crippen molar-refractivity contribution in [2.24, 2.45) is 0 Å². The molecule has 2 rings (SSSR count). The van der Waals surface area contributed by atoms with Crippen LogP contribution in [-0.2, 0) is 0 Å². The van der Waals surface area contributed by atoms with Crippen molar-refractivity contribution >= 4 is 17.2 Å². The van der Waals surface area contributed by atoms with Crippen LogP contribution < -0.4 is 4.90 Å². The van der Waals surface area contributed by atoms with Crippen LogP contribution >= 0.6 is 0 Å². The number of aliphatic hydroxyl groups is 1. The van der Waals surface area contributed by atoms with Crippen LogP contribution in [0.3, 0.4) is 0 Å². The van der Waals surface area contributed by atoms with Crippen molar-refractivity contribution in [3.8, 4) is 0 Å². The molecule has 0 unspecified atom stereocenters. The highest BCUT2D eigenvalue weighted by Crippen LogP contribution is 2.26. The van der Waals surface area contributed by atoms with Gasteiger partial charge in [-0.15, -0.1) is 0 Å². The fraction of sp³-hybridized carbons (Fsp3) is 0.500. The molecule has 0 saturated carbocycles. The van der Waals surface area contributed by atoms with Crippen molar-refractivity contribution in [1.82, 2.24) is 4.90 Å². The van der Waals surface area contributed by atoms with Gasteiger partial charge in [0.05, 0.1) is 17.1 Å². The van der Waals surface area contributed by atoms with E-state index in [-0.39, 0.29) is 23.6 Å². The van der Waals surface area contributed by atoms with Crippen LogP contribution in [0.1, 0.15) is 17.3 Å². The number of nitrogens with zero attached hydrogens (tertiary/aromatic N) is 3. The first kappa shape index (κ1) is 15.4. The van der Waals surface area contributed by atoms with E-state index in [1.54, 1.807) is 12.1 Å². The Bertz CT molecular complexity index is 539. The topological polar surface area (TPSA) is 86.9 Å². The summed E-state index contributed by atoms with van der Waals surface area (Å²) < 4.78 is 0. The number of benzene rings is 1. The van der Waals surface area contributed by atoms with E-state index in [0.29, 0.717) is 6.54 Å². The van der Waals surface area contributed by atoms with E-state index in [9.17, 15) is 14.9 Å². The zero-order valence-corrected chi connectivity index (χ0v) is 12.0. The van der Waals surface area contributed by atoms with E-state index in [2.05, 4.69) is 9.80 Å². The molecule has 0 aliphatic carbocycles. The molecule has 1 N–H and O–H groups in total. The predicted octanol–water partition coefficient (Wildman–Crippen LogP) is 0.912. The average molecular weight is 293 g/mol. The highest BCUT2D eigenvalue weighted by atomic mass is 16.6. The molecule has 7 nitrogen and oxygen atoms in total. The highest BCUT2D eigenvalue weighted by Gasteiger charge is 2.21. The zero-order valence-electron chi connectivity index (χ0n) is 12.0. The number of hydrogen-bond acceptors (Lipinski definition) is 6. The number of rotatable bonds is 5. The Labute approximate surface area is 122 Å². The van der Waals surface area contributed by atoms with Gasteiger partial charge in [-0.05, 0) is 19.1 Å². The number of anilines is 1. The van der Waals surface area contributed by atoms with Gasteiger partial charge in [0, 0.05) is 44.5 Å². The molecular weight excluding hydrogens is 274 g/mol. The summed E-state index contributed by atoms with van der Waals surface area (Å²) in [5, 5.41) is 19.9. The maximum Gasteiger partial charge on any atom is 0.280 e. The van der Waals surface area contributed by atoms with Gasteiger partial charge in [-0.25, -0.2) is 0 Å². The Hall–Kier alpha value is -1.99.